The number of hydrogen-bond acceptors (Lipinski definition) is 2. The predicted molar refractivity (Wildman–Crippen MR) is 59.1 cm³/mol. The quantitative estimate of drug-likeness (QED) is 0.805. The molecule has 0 aliphatic carbocycles. The van der Waals surface area contributed by atoms with E-state index in [0.717, 1.165) is 0 Å². The van der Waals surface area contributed by atoms with Gasteiger partial charge in [-0.25, -0.2) is 4.39 Å². The number of anilines is 1. The molecular weight excluding hydrogens is 215 g/mol. The fraction of sp³-hybridized carbons (Fsp3) is 0. The van der Waals surface area contributed by atoms with Crippen molar-refractivity contribution in [3.8, 4) is 11.3 Å². The Kier molecular flexibility index (Phi) is 2.56. The van der Waals surface area contributed by atoms with Gasteiger partial charge < -0.3 is 5.73 Å². The van der Waals surface area contributed by atoms with Crippen LogP contribution in [0.25, 0.3) is 11.3 Å². The fourth-order valence-corrected chi connectivity index (χ4v) is 1.42. The van der Waals surface area contributed by atoms with Crippen LogP contribution in [0.5, 0.6) is 0 Å². The van der Waals surface area contributed by atoms with Gasteiger partial charge in [0.2, 0.25) is 0 Å². The van der Waals surface area contributed by atoms with Gasteiger partial charge in [0.1, 0.15) is 5.82 Å². The first-order chi connectivity index (χ1) is 7.16. The van der Waals surface area contributed by atoms with Crippen LogP contribution in [-0.4, -0.2) is 4.98 Å². The van der Waals surface area contributed by atoms with E-state index in [2.05, 4.69) is 4.98 Å². The highest BCUT2D eigenvalue weighted by atomic mass is 35.5. The highest BCUT2D eigenvalue weighted by molar-refractivity contribution is 6.30. The van der Waals surface area contributed by atoms with Crippen molar-refractivity contribution in [1.29, 1.82) is 0 Å². The monoisotopic (exact) mass is 222 g/mol. The number of pyridine rings is 1. The first-order valence-electron chi connectivity index (χ1n) is 4.34. The largest absolute Gasteiger partial charge is 0.397 e. The Morgan fingerprint density at radius 3 is 2.60 bits per heavy atom. The van der Waals surface area contributed by atoms with Crippen molar-refractivity contribution >= 4 is 17.3 Å². The molecule has 0 saturated heterocycles. The minimum Gasteiger partial charge on any atom is -0.397 e. The molecule has 0 spiro atoms. The van der Waals surface area contributed by atoms with Crippen LogP contribution in [0.4, 0.5) is 10.1 Å². The van der Waals surface area contributed by atoms with Crippen LogP contribution in [0.15, 0.2) is 36.5 Å². The molecule has 1 heterocycles. The average Bonchev–Trinajstić information content (AvgIpc) is 2.20. The van der Waals surface area contributed by atoms with Gasteiger partial charge >= 0.3 is 0 Å². The zero-order chi connectivity index (χ0) is 10.8. The molecule has 0 unspecified atom stereocenters. The Labute approximate surface area is 91.5 Å². The molecule has 2 aromatic rings. The highest BCUT2D eigenvalue weighted by Gasteiger charge is 2.06. The average molecular weight is 223 g/mol. The van der Waals surface area contributed by atoms with Gasteiger partial charge in [-0.05, 0) is 30.3 Å². The molecule has 0 aliphatic rings. The van der Waals surface area contributed by atoms with Crippen molar-refractivity contribution in [2.45, 2.75) is 0 Å². The van der Waals surface area contributed by atoms with Crippen LogP contribution in [0.3, 0.4) is 0 Å². The third kappa shape index (κ3) is 2.07. The molecule has 0 fully saturated rings. The lowest BCUT2D eigenvalue weighted by molar-refractivity contribution is 0.631. The Balaban J connectivity index is 2.49. The standard InChI is InChI=1S/C11H8ClFN2/c12-7-1-3-9(10(13)5-7)11-4-2-8(14)6-15-11/h1-6H,14H2. The lowest BCUT2D eigenvalue weighted by atomic mass is 10.1. The molecule has 0 amide bonds. The molecule has 0 bridgehead atoms. The number of nitrogen functional groups attached to an aromatic ring is 1. The minimum atomic E-state index is -0.389. The molecule has 15 heavy (non-hydrogen) atoms. The van der Waals surface area contributed by atoms with E-state index in [1.165, 1.54) is 12.3 Å². The first-order valence-corrected chi connectivity index (χ1v) is 4.71. The summed E-state index contributed by atoms with van der Waals surface area (Å²) in [5.41, 5.74) is 7.00. The zero-order valence-corrected chi connectivity index (χ0v) is 8.50. The second-order valence-corrected chi connectivity index (χ2v) is 3.54. The van der Waals surface area contributed by atoms with Crippen molar-refractivity contribution in [3.63, 3.8) is 0 Å². The summed E-state index contributed by atoms with van der Waals surface area (Å²) >= 11 is 5.65. The van der Waals surface area contributed by atoms with Crippen LogP contribution in [0, 0.1) is 5.82 Å². The van der Waals surface area contributed by atoms with E-state index < -0.39 is 0 Å². The number of halogens is 2. The molecule has 2 rings (SSSR count). The van der Waals surface area contributed by atoms with Crippen molar-refractivity contribution in [2.75, 3.05) is 5.73 Å². The van der Waals surface area contributed by atoms with Gasteiger partial charge in [0.05, 0.1) is 17.6 Å². The SMILES string of the molecule is Nc1ccc(-c2ccc(Cl)cc2F)nc1. The molecule has 0 saturated carbocycles. The number of benzene rings is 1. The van der Waals surface area contributed by atoms with Gasteiger partial charge in [0.15, 0.2) is 0 Å². The Hall–Kier alpha value is -1.61. The first kappa shape index (κ1) is 9.93. The van der Waals surface area contributed by atoms with E-state index in [0.29, 0.717) is 22.0 Å². The molecular formula is C11H8ClFN2. The minimum absolute atomic E-state index is 0.367. The molecule has 1 aromatic heterocycles. The maximum absolute atomic E-state index is 13.5. The molecule has 76 valence electrons. The number of hydrogen-bond donors (Lipinski definition) is 1. The topological polar surface area (TPSA) is 38.9 Å². The van der Waals surface area contributed by atoms with Crippen molar-refractivity contribution in [3.05, 3.63) is 47.4 Å². The van der Waals surface area contributed by atoms with Crippen LogP contribution in [0.1, 0.15) is 0 Å². The molecule has 0 atom stereocenters. The molecule has 4 heteroatoms. The number of nitrogens with zero attached hydrogens (tertiary/aromatic N) is 1. The second-order valence-electron chi connectivity index (χ2n) is 3.10. The third-order valence-corrected chi connectivity index (χ3v) is 2.23. The number of rotatable bonds is 1. The van der Waals surface area contributed by atoms with Crippen molar-refractivity contribution in [1.82, 2.24) is 4.98 Å². The summed E-state index contributed by atoms with van der Waals surface area (Å²) in [5, 5.41) is 0.367. The van der Waals surface area contributed by atoms with Crippen molar-refractivity contribution in [2.24, 2.45) is 0 Å². The van der Waals surface area contributed by atoms with Gasteiger partial charge in [0, 0.05) is 10.6 Å². The normalized spacial score (nSPS) is 10.3. The summed E-state index contributed by atoms with van der Waals surface area (Å²) in [6.07, 6.45) is 1.49. The molecule has 2 N–H and O–H groups in total. The van der Waals surface area contributed by atoms with E-state index in [-0.39, 0.29) is 5.82 Å². The second kappa shape index (κ2) is 3.87. The summed E-state index contributed by atoms with van der Waals surface area (Å²) in [6.45, 7) is 0. The summed E-state index contributed by atoms with van der Waals surface area (Å²) in [5.74, 6) is -0.389. The summed E-state index contributed by atoms with van der Waals surface area (Å²) in [4.78, 5) is 4.03. The summed E-state index contributed by atoms with van der Waals surface area (Å²) in [6, 6.07) is 7.82. The predicted octanol–water partition coefficient (Wildman–Crippen LogP) is 3.12. The van der Waals surface area contributed by atoms with Gasteiger partial charge in [-0.1, -0.05) is 11.6 Å². The van der Waals surface area contributed by atoms with E-state index in [1.807, 2.05) is 0 Å². The van der Waals surface area contributed by atoms with E-state index in [4.69, 9.17) is 17.3 Å². The maximum Gasteiger partial charge on any atom is 0.134 e. The molecule has 0 radical (unpaired) electrons. The number of nitrogens with two attached hydrogens (primary N) is 1. The van der Waals surface area contributed by atoms with Crippen molar-refractivity contribution < 1.29 is 4.39 Å². The molecule has 0 aliphatic heterocycles. The fourth-order valence-electron chi connectivity index (χ4n) is 1.26. The van der Waals surface area contributed by atoms with E-state index in [9.17, 15) is 4.39 Å². The lowest BCUT2D eigenvalue weighted by Gasteiger charge is -2.03. The third-order valence-electron chi connectivity index (χ3n) is 1.99. The highest BCUT2D eigenvalue weighted by Crippen LogP contribution is 2.23. The Morgan fingerprint density at radius 2 is 2.00 bits per heavy atom. The Bertz CT molecular complexity index is 482. The Morgan fingerprint density at radius 1 is 1.20 bits per heavy atom. The van der Waals surface area contributed by atoms with Crippen LogP contribution >= 0.6 is 11.6 Å². The summed E-state index contributed by atoms with van der Waals surface area (Å²) in [7, 11) is 0. The van der Waals surface area contributed by atoms with Crippen LogP contribution < -0.4 is 5.73 Å². The van der Waals surface area contributed by atoms with Gasteiger partial charge in [-0.2, -0.15) is 0 Å². The van der Waals surface area contributed by atoms with Gasteiger partial charge in [-0.15, -0.1) is 0 Å². The van der Waals surface area contributed by atoms with Crippen LogP contribution in [0.2, 0.25) is 5.02 Å². The van der Waals surface area contributed by atoms with Gasteiger partial charge in [-0.3, -0.25) is 4.98 Å². The molecule has 1 aromatic carbocycles. The zero-order valence-electron chi connectivity index (χ0n) is 7.74. The van der Waals surface area contributed by atoms with Gasteiger partial charge in [0.25, 0.3) is 0 Å². The van der Waals surface area contributed by atoms with Crippen LogP contribution in [-0.2, 0) is 0 Å². The maximum atomic E-state index is 13.5. The smallest absolute Gasteiger partial charge is 0.134 e. The molecule has 2 nitrogen and oxygen atoms in total. The number of aromatic nitrogens is 1. The van der Waals surface area contributed by atoms with E-state index in [1.54, 1.807) is 24.3 Å². The van der Waals surface area contributed by atoms with E-state index >= 15 is 0 Å². The lowest BCUT2D eigenvalue weighted by Crippen LogP contribution is -1.90. The summed E-state index contributed by atoms with van der Waals surface area (Å²) < 4.78 is 13.5.